The largest absolute Gasteiger partial charge is 0.484 e. The van der Waals surface area contributed by atoms with E-state index in [0.717, 1.165) is 37.0 Å². The van der Waals surface area contributed by atoms with E-state index >= 15 is 0 Å². The Hall–Kier alpha value is -3.02. The van der Waals surface area contributed by atoms with Crippen LogP contribution in [0.25, 0.3) is 0 Å². The number of para-hydroxylation sites is 1. The Morgan fingerprint density at radius 1 is 0.812 bits per heavy atom. The van der Waals surface area contributed by atoms with Gasteiger partial charge in [0.15, 0.2) is 13.2 Å². The number of hydrogen-bond acceptors (Lipinski definition) is 4. The van der Waals surface area contributed by atoms with Crippen LogP contribution in [0, 0.1) is 0 Å². The first-order chi connectivity index (χ1) is 15.6. The molecule has 2 aromatic carbocycles. The zero-order chi connectivity index (χ0) is 22.8. The maximum atomic E-state index is 12.7. The van der Waals surface area contributed by atoms with Crippen molar-refractivity contribution in [3.63, 3.8) is 0 Å². The lowest BCUT2D eigenvalue weighted by atomic mass is 10.1. The molecule has 1 heterocycles. The first kappa shape index (κ1) is 23.6. The summed E-state index contributed by atoms with van der Waals surface area (Å²) >= 11 is 0. The molecule has 0 unspecified atom stereocenters. The summed E-state index contributed by atoms with van der Waals surface area (Å²) in [6.07, 6.45) is 3.74. The van der Waals surface area contributed by atoms with Gasteiger partial charge in [-0.05, 0) is 48.6 Å². The van der Waals surface area contributed by atoms with Crippen LogP contribution in [0.4, 0.5) is 0 Å². The number of benzene rings is 2. The highest BCUT2D eigenvalue weighted by atomic mass is 16.5. The van der Waals surface area contributed by atoms with Crippen molar-refractivity contribution >= 4 is 11.8 Å². The van der Waals surface area contributed by atoms with Gasteiger partial charge in [-0.1, -0.05) is 50.6 Å². The molecule has 1 aliphatic heterocycles. The van der Waals surface area contributed by atoms with Gasteiger partial charge in [-0.25, -0.2) is 0 Å². The molecule has 6 heteroatoms. The Morgan fingerprint density at radius 3 is 2.06 bits per heavy atom. The smallest absolute Gasteiger partial charge is 0.260 e. The molecule has 0 saturated carbocycles. The van der Waals surface area contributed by atoms with Gasteiger partial charge in [0, 0.05) is 26.2 Å². The van der Waals surface area contributed by atoms with E-state index in [2.05, 4.69) is 13.8 Å². The van der Waals surface area contributed by atoms with Gasteiger partial charge < -0.3 is 19.3 Å². The summed E-state index contributed by atoms with van der Waals surface area (Å²) in [6.45, 7) is 6.51. The summed E-state index contributed by atoms with van der Waals surface area (Å²) in [4.78, 5) is 28.9. The second-order valence-electron chi connectivity index (χ2n) is 8.05. The fourth-order valence-corrected chi connectivity index (χ4v) is 3.86. The topological polar surface area (TPSA) is 59.1 Å². The van der Waals surface area contributed by atoms with Crippen LogP contribution in [-0.2, 0) is 22.4 Å². The van der Waals surface area contributed by atoms with Crippen molar-refractivity contribution in [3.05, 3.63) is 59.7 Å². The summed E-state index contributed by atoms with van der Waals surface area (Å²) in [5.41, 5.74) is 2.36. The molecule has 6 nitrogen and oxygen atoms in total. The molecule has 0 atom stereocenters. The lowest BCUT2D eigenvalue weighted by Gasteiger charge is -2.22. The number of aryl methyl sites for hydroxylation is 2. The molecule has 2 amide bonds. The molecule has 32 heavy (non-hydrogen) atoms. The van der Waals surface area contributed by atoms with Gasteiger partial charge >= 0.3 is 0 Å². The van der Waals surface area contributed by atoms with Crippen LogP contribution >= 0.6 is 0 Å². The predicted octanol–water partition coefficient (Wildman–Crippen LogP) is 3.72. The van der Waals surface area contributed by atoms with Crippen LogP contribution in [0.15, 0.2) is 48.5 Å². The quantitative estimate of drug-likeness (QED) is 0.599. The standard InChI is InChI=1S/C26H34N2O4/c1-3-8-21-11-13-23(14-12-21)31-19-25(29)27-15-7-16-28(18-17-27)26(30)20-32-24-10-6-5-9-22(24)4-2/h5-6,9-14H,3-4,7-8,15-20H2,1-2H3. The molecule has 1 saturated heterocycles. The predicted molar refractivity (Wildman–Crippen MR) is 125 cm³/mol. The molecule has 0 aliphatic carbocycles. The fourth-order valence-electron chi connectivity index (χ4n) is 3.86. The van der Waals surface area contributed by atoms with Crippen LogP contribution in [0.5, 0.6) is 11.5 Å². The highest BCUT2D eigenvalue weighted by Gasteiger charge is 2.22. The average Bonchev–Trinajstić information content (AvgIpc) is 3.09. The molecular weight excluding hydrogens is 404 g/mol. The molecule has 0 N–H and O–H groups in total. The third kappa shape index (κ3) is 6.74. The first-order valence-electron chi connectivity index (χ1n) is 11.6. The highest BCUT2D eigenvalue weighted by molar-refractivity contribution is 5.79. The van der Waals surface area contributed by atoms with Crippen molar-refractivity contribution in [3.8, 4) is 11.5 Å². The van der Waals surface area contributed by atoms with Gasteiger partial charge in [-0.2, -0.15) is 0 Å². The highest BCUT2D eigenvalue weighted by Crippen LogP contribution is 2.18. The van der Waals surface area contributed by atoms with Crippen LogP contribution in [-0.4, -0.2) is 61.0 Å². The molecule has 3 rings (SSSR count). The number of carbonyl (C=O) groups is 2. The van der Waals surface area contributed by atoms with Gasteiger partial charge in [0.25, 0.3) is 11.8 Å². The maximum absolute atomic E-state index is 12.7. The van der Waals surface area contributed by atoms with E-state index in [1.807, 2.05) is 48.5 Å². The van der Waals surface area contributed by atoms with Gasteiger partial charge in [0.05, 0.1) is 0 Å². The van der Waals surface area contributed by atoms with E-state index in [1.54, 1.807) is 9.80 Å². The maximum Gasteiger partial charge on any atom is 0.260 e. The van der Waals surface area contributed by atoms with Crippen molar-refractivity contribution in [1.82, 2.24) is 9.80 Å². The lowest BCUT2D eigenvalue weighted by molar-refractivity contribution is -0.135. The molecular formula is C26H34N2O4. The second-order valence-corrected chi connectivity index (χ2v) is 8.05. The number of rotatable bonds is 9. The molecule has 0 radical (unpaired) electrons. The number of hydrogen-bond donors (Lipinski definition) is 0. The molecule has 1 aliphatic rings. The summed E-state index contributed by atoms with van der Waals surface area (Å²) in [6, 6.07) is 15.7. The molecule has 172 valence electrons. The van der Waals surface area contributed by atoms with E-state index in [1.165, 1.54) is 5.56 Å². The van der Waals surface area contributed by atoms with Crippen LogP contribution < -0.4 is 9.47 Å². The average molecular weight is 439 g/mol. The van der Waals surface area contributed by atoms with Gasteiger partial charge in [0.2, 0.25) is 0 Å². The van der Waals surface area contributed by atoms with Gasteiger partial charge in [0.1, 0.15) is 11.5 Å². The Kier molecular flexibility index (Phi) is 8.96. The van der Waals surface area contributed by atoms with Crippen molar-refractivity contribution in [2.75, 3.05) is 39.4 Å². The van der Waals surface area contributed by atoms with E-state index in [0.29, 0.717) is 31.9 Å². The molecule has 2 aromatic rings. The van der Waals surface area contributed by atoms with Crippen LogP contribution in [0.1, 0.15) is 37.8 Å². The summed E-state index contributed by atoms with van der Waals surface area (Å²) in [7, 11) is 0. The first-order valence-corrected chi connectivity index (χ1v) is 11.6. The van der Waals surface area contributed by atoms with Gasteiger partial charge in [-0.3, -0.25) is 9.59 Å². The summed E-state index contributed by atoms with van der Waals surface area (Å²) in [5, 5.41) is 0. The Labute approximate surface area is 191 Å². The number of nitrogens with zero attached hydrogens (tertiary/aromatic N) is 2. The van der Waals surface area contributed by atoms with Gasteiger partial charge in [-0.15, -0.1) is 0 Å². The van der Waals surface area contributed by atoms with E-state index in [-0.39, 0.29) is 25.0 Å². The third-order valence-corrected chi connectivity index (χ3v) is 5.73. The monoisotopic (exact) mass is 438 g/mol. The number of carbonyl (C=O) groups excluding carboxylic acids is 2. The van der Waals surface area contributed by atoms with Crippen LogP contribution in [0.2, 0.25) is 0 Å². The number of amides is 2. The lowest BCUT2D eigenvalue weighted by Crippen LogP contribution is -2.40. The Bertz CT molecular complexity index is 882. The SMILES string of the molecule is CCCc1ccc(OCC(=O)N2CCCN(C(=O)COc3ccccc3CC)CC2)cc1. The fraction of sp³-hybridized carbons (Fsp3) is 0.462. The van der Waals surface area contributed by atoms with E-state index in [9.17, 15) is 9.59 Å². The summed E-state index contributed by atoms with van der Waals surface area (Å²) in [5.74, 6) is 1.36. The van der Waals surface area contributed by atoms with E-state index in [4.69, 9.17) is 9.47 Å². The third-order valence-electron chi connectivity index (χ3n) is 5.73. The summed E-state index contributed by atoms with van der Waals surface area (Å²) < 4.78 is 11.5. The van der Waals surface area contributed by atoms with Crippen molar-refractivity contribution < 1.29 is 19.1 Å². The second kappa shape index (κ2) is 12.1. The minimum atomic E-state index is -0.0509. The molecule has 1 fully saturated rings. The van der Waals surface area contributed by atoms with Crippen molar-refractivity contribution in [1.29, 1.82) is 0 Å². The molecule has 0 aromatic heterocycles. The Morgan fingerprint density at radius 2 is 1.44 bits per heavy atom. The van der Waals surface area contributed by atoms with Crippen molar-refractivity contribution in [2.45, 2.75) is 39.5 Å². The van der Waals surface area contributed by atoms with E-state index < -0.39 is 0 Å². The minimum absolute atomic E-state index is 0.0119. The normalized spacial score (nSPS) is 14.1. The number of ether oxygens (including phenoxy) is 2. The zero-order valence-corrected chi connectivity index (χ0v) is 19.2. The zero-order valence-electron chi connectivity index (χ0n) is 19.2. The molecule has 0 spiro atoms. The minimum Gasteiger partial charge on any atom is -0.484 e. The molecule has 0 bridgehead atoms. The Balaban J connectivity index is 1.44. The van der Waals surface area contributed by atoms with Crippen molar-refractivity contribution in [2.24, 2.45) is 0 Å². The van der Waals surface area contributed by atoms with Crippen LogP contribution in [0.3, 0.4) is 0 Å².